The second kappa shape index (κ2) is 6.65. The summed E-state index contributed by atoms with van der Waals surface area (Å²) in [5.74, 6) is 4.73. The minimum Gasteiger partial charge on any atom is -0.464 e. The van der Waals surface area contributed by atoms with Crippen molar-refractivity contribution in [2.45, 2.75) is 70.9 Å². The van der Waals surface area contributed by atoms with E-state index in [2.05, 4.69) is 23.1 Å². The maximum Gasteiger partial charge on any atom is 0.226 e. The topological polar surface area (TPSA) is 72.4 Å². The zero-order chi connectivity index (χ0) is 17.4. The largest absolute Gasteiger partial charge is 0.464 e. The van der Waals surface area contributed by atoms with Gasteiger partial charge in [-0.1, -0.05) is 12.1 Å². The van der Waals surface area contributed by atoms with Crippen LogP contribution in [0.15, 0.2) is 21.1 Å². The SMILES string of the molecule is Cc1noc(CCCC(=O)N(Cc2ccc([C@@H]3C[C@@H]3C)o2)C2CC2)n1. The molecule has 1 amide bonds. The molecule has 6 nitrogen and oxygen atoms in total. The first-order valence-electron chi connectivity index (χ1n) is 9.27. The molecule has 0 aromatic carbocycles. The number of carbonyl (C=O) groups excluding carboxylic acids is 1. The molecule has 4 rings (SSSR count). The highest BCUT2D eigenvalue weighted by Gasteiger charge is 2.37. The molecule has 2 heterocycles. The van der Waals surface area contributed by atoms with Crippen LogP contribution >= 0.6 is 0 Å². The van der Waals surface area contributed by atoms with Gasteiger partial charge in [0.1, 0.15) is 11.5 Å². The van der Waals surface area contributed by atoms with Crippen molar-refractivity contribution < 1.29 is 13.7 Å². The monoisotopic (exact) mass is 343 g/mol. The molecule has 2 atom stereocenters. The van der Waals surface area contributed by atoms with Crippen molar-refractivity contribution in [3.05, 3.63) is 35.4 Å². The first-order valence-corrected chi connectivity index (χ1v) is 9.27. The summed E-state index contributed by atoms with van der Waals surface area (Å²) in [6.45, 7) is 4.63. The first kappa shape index (κ1) is 16.4. The molecule has 0 radical (unpaired) electrons. The molecule has 0 aliphatic heterocycles. The third-order valence-electron chi connectivity index (χ3n) is 5.14. The van der Waals surface area contributed by atoms with Crippen LogP contribution in [0.2, 0.25) is 0 Å². The molecule has 0 bridgehead atoms. The van der Waals surface area contributed by atoms with Crippen molar-refractivity contribution in [2.75, 3.05) is 0 Å². The molecule has 134 valence electrons. The fourth-order valence-electron chi connectivity index (χ4n) is 3.35. The molecule has 2 aliphatic rings. The number of hydrogen-bond donors (Lipinski definition) is 0. The van der Waals surface area contributed by atoms with Crippen LogP contribution < -0.4 is 0 Å². The fourth-order valence-corrected chi connectivity index (χ4v) is 3.35. The Bertz CT molecular complexity index is 747. The molecule has 0 saturated heterocycles. The van der Waals surface area contributed by atoms with Gasteiger partial charge in [-0.25, -0.2) is 0 Å². The quantitative estimate of drug-likeness (QED) is 0.732. The number of carbonyl (C=O) groups is 1. The Hall–Kier alpha value is -2.11. The predicted octanol–water partition coefficient (Wildman–Crippen LogP) is 3.61. The van der Waals surface area contributed by atoms with E-state index < -0.39 is 0 Å². The molecule has 25 heavy (non-hydrogen) atoms. The number of amides is 1. The lowest BCUT2D eigenvalue weighted by Crippen LogP contribution is -2.32. The highest BCUT2D eigenvalue weighted by Crippen LogP contribution is 2.47. The summed E-state index contributed by atoms with van der Waals surface area (Å²) >= 11 is 0. The van der Waals surface area contributed by atoms with Crippen molar-refractivity contribution in [3.63, 3.8) is 0 Å². The Kier molecular flexibility index (Phi) is 4.36. The smallest absolute Gasteiger partial charge is 0.226 e. The number of aryl methyl sites for hydroxylation is 2. The Morgan fingerprint density at radius 3 is 2.80 bits per heavy atom. The van der Waals surface area contributed by atoms with E-state index in [4.69, 9.17) is 8.94 Å². The first-order chi connectivity index (χ1) is 12.1. The van der Waals surface area contributed by atoms with Crippen molar-refractivity contribution in [1.29, 1.82) is 0 Å². The van der Waals surface area contributed by atoms with E-state index in [-0.39, 0.29) is 5.91 Å². The highest BCUT2D eigenvalue weighted by atomic mass is 16.5. The van der Waals surface area contributed by atoms with Gasteiger partial charge < -0.3 is 13.8 Å². The maximum atomic E-state index is 12.6. The van der Waals surface area contributed by atoms with Gasteiger partial charge in [-0.3, -0.25) is 4.79 Å². The molecule has 2 fully saturated rings. The summed E-state index contributed by atoms with van der Waals surface area (Å²) in [5, 5.41) is 3.78. The molecular formula is C19H25N3O3. The van der Waals surface area contributed by atoms with Gasteiger partial charge in [-0.15, -0.1) is 0 Å². The summed E-state index contributed by atoms with van der Waals surface area (Å²) in [5.41, 5.74) is 0. The molecule has 2 aromatic heterocycles. The number of hydrogen-bond acceptors (Lipinski definition) is 5. The van der Waals surface area contributed by atoms with E-state index in [1.807, 2.05) is 11.0 Å². The molecule has 2 saturated carbocycles. The van der Waals surface area contributed by atoms with Gasteiger partial charge in [0, 0.05) is 24.8 Å². The Labute approximate surface area is 147 Å². The lowest BCUT2D eigenvalue weighted by atomic mass is 10.2. The number of rotatable bonds is 8. The van der Waals surface area contributed by atoms with Crippen LogP contribution in [0.25, 0.3) is 0 Å². The lowest BCUT2D eigenvalue weighted by molar-refractivity contribution is -0.132. The van der Waals surface area contributed by atoms with Gasteiger partial charge in [0.15, 0.2) is 5.82 Å². The van der Waals surface area contributed by atoms with Crippen molar-refractivity contribution in [1.82, 2.24) is 15.0 Å². The number of nitrogens with zero attached hydrogens (tertiary/aromatic N) is 3. The van der Waals surface area contributed by atoms with Crippen LogP contribution in [0.3, 0.4) is 0 Å². The Balaban J connectivity index is 1.31. The predicted molar refractivity (Wildman–Crippen MR) is 90.8 cm³/mol. The molecule has 2 aromatic rings. The summed E-state index contributed by atoms with van der Waals surface area (Å²) in [6, 6.07) is 4.49. The molecule has 2 aliphatic carbocycles. The van der Waals surface area contributed by atoms with Gasteiger partial charge in [0.25, 0.3) is 0 Å². The van der Waals surface area contributed by atoms with E-state index >= 15 is 0 Å². The zero-order valence-corrected chi connectivity index (χ0v) is 14.9. The maximum absolute atomic E-state index is 12.6. The minimum absolute atomic E-state index is 0.191. The van der Waals surface area contributed by atoms with Gasteiger partial charge in [-0.2, -0.15) is 4.98 Å². The normalized spacial score (nSPS) is 22.2. The second-order valence-electron chi connectivity index (χ2n) is 7.47. The third kappa shape index (κ3) is 3.94. The minimum atomic E-state index is 0.191. The van der Waals surface area contributed by atoms with Crippen molar-refractivity contribution in [3.8, 4) is 0 Å². The van der Waals surface area contributed by atoms with Crippen molar-refractivity contribution >= 4 is 5.91 Å². The van der Waals surface area contributed by atoms with E-state index in [0.717, 1.165) is 36.7 Å². The van der Waals surface area contributed by atoms with Gasteiger partial charge in [0.05, 0.1) is 6.54 Å². The highest BCUT2D eigenvalue weighted by molar-refractivity contribution is 5.76. The van der Waals surface area contributed by atoms with Gasteiger partial charge in [0.2, 0.25) is 11.8 Å². The van der Waals surface area contributed by atoms with Crippen LogP contribution in [-0.2, 0) is 17.8 Å². The van der Waals surface area contributed by atoms with Gasteiger partial charge in [-0.05, 0) is 50.7 Å². The molecule has 0 unspecified atom stereocenters. The average molecular weight is 343 g/mol. The third-order valence-corrected chi connectivity index (χ3v) is 5.14. The summed E-state index contributed by atoms with van der Waals surface area (Å²) in [6.07, 6.45) is 5.30. The molecule has 0 spiro atoms. The van der Waals surface area contributed by atoms with Crippen molar-refractivity contribution in [2.24, 2.45) is 5.92 Å². The Morgan fingerprint density at radius 1 is 1.36 bits per heavy atom. The number of aromatic nitrogens is 2. The van der Waals surface area contributed by atoms with Crippen LogP contribution in [0.5, 0.6) is 0 Å². The van der Waals surface area contributed by atoms with Crippen LogP contribution in [0.1, 0.15) is 68.2 Å². The van der Waals surface area contributed by atoms with Gasteiger partial charge >= 0.3 is 0 Å². The fraction of sp³-hybridized carbons (Fsp3) is 0.632. The standard InChI is InChI=1S/C19H25N3O3/c1-12-10-16(12)17-9-8-15(24-17)11-22(14-6-7-14)19(23)5-3-4-18-20-13(2)21-25-18/h8-9,12,14,16H,3-7,10-11H2,1-2H3/t12-,16+/m0/s1. The summed E-state index contributed by atoms with van der Waals surface area (Å²) in [4.78, 5) is 18.8. The molecule has 0 N–H and O–H groups in total. The van der Waals surface area contributed by atoms with E-state index in [0.29, 0.717) is 43.1 Å². The van der Waals surface area contributed by atoms with E-state index in [9.17, 15) is 4.79 Å². The zero-order valence-electron chi connectivity index (χ0n) is 14.9. The molecule has 6 heteroatoms. The summed E-state index contributed by atoms with van der Waals surface area (Å²) in [7, 11) is 0. The summed E-state index contributed by atoms with van der Waals surface area (Å²) < 4.78 is 11.1. The average Bonchev–Trinajstić information content (AvgIpc) is 3.47. The van der Waals surface area contributed by atoms with E-state index in [1.165, 1.54) is 6.42 Å². The van der Waals surface area contributed by atoms with Crippen LogP contribution in [-0.4, -0.2) is 27.0 Å². The second-order valence-corrected chi connectivity index (χ2v) is 7.47. The molecular weight excluding hydrogens is 318 g/mol. The number of furan rings is 1. The van der Waals surface area contributed by atoms with E-state index in [1.54, 1.807) is 6.92 Å². The Morgan fingerprint density at radius 2 is 2.16 bits per heavy atom. The van der Waals surface area contributed by atoms with Crippen LogP contribution in [0, 0.1) is 12.8 Å². The lowest BCUT2D eigenvalue weighted by Gasteiger charge is -2.21. The van der Waals surface area contributed by atoms with Crippen LogP contribution in [0.4, 0.5) is 0 Å².